The molecule has 0 saturated heterocycles. The van der Waals surface area contributed by atoms with Crippen LogP contribution >= 0.6 is 11.8 Å². The van der Waals surface area contributed by atoms with E-state index in [2.05, 4.69) is 9.97 Å². The fourth-order valence-electron chi connectivity index (χ4n) is 1.27. The molecule has 1 N–H and O–H groups in total. The van der Waals surface area contributed by atoms with Crippen molar-refractivity contribution in [2.75, 3.05) is 0 Å². The van der Waals surface area contributed by atoms with Crippen LogP contribution in [-0.2, 0) is 0 Å². The third kappa shape index (κ3) is 2.85. The largest absolute Gasteiger partial charge is 0.475 e. The lowest BCUT2D eigenvalue weighted by molar-refractivity contribution is 0.0660. The van der Waals surface area contributed by atoms with Gasteiger partial charge in [0.25, 0.3) is 0 Å². The first kappa shape index (κ1) is 11.7. The molecule has 0 aliphatic heterocycles. The highest BCUT2D eigenvalue weighted by Gasteiger charge is 2.15. The molecule has 17 heavy (non-hydrogen) atoms. The molecule has 1 unspecified atom stereocenters. The Labute approximate surface area is 102 Å². The van der Waals surface area contributed by atoms with Crippen molar-refractivity contribution in [2.24, 2.45) is 0 Å². The number of hydrogen-bond acceptors (Lipinski definition) is 5. The zero-order valence-corrected chi connectivity index (χ0v) is 9.85. The van der Waals surface area contributed by atoms with E-state index in [1.165, 1.54) is 17.8 Å². The van der Waals surface area contributed by atoms with E-state index in [9.17, 15) is 4.79 Å². The molecule has 2 rings (SSSR count). The molecule has 5 nitrogen and oxygen atoms in total. The van der Waals surface area contributed by atoms with Crippen molar-refractivity contribution >= 4 is 17.7 Å². The minimum absolute atomic E-state index is 0.0141. The van der Waals surface area contributed by atoms with E-state index in [-0.39, 0.29) is 11.0 Å². The summed E-state index contributed by atoms with van der Waals surface area (Å²) in [6.07, 6.45) is 4.87. The van der Waals surface area contributed by atoms with Crippen LogP contribution in [0, 0.1) is 0 Å². The van der Waals surface area contributed by atoms with E-state index in [1.807, 2.05) is 6.92 Å². The number of hydrogen-bond donors (Lipinski definition) is 1. The Hall–Kier alpha value is -1.82. The number of carboxylic acid groups (broad SMARTS) is 1. The number of rotatable bonds is 4. The molecule has 1 atom stereocenters. The van der Waals surface area contributed by atoms with Crippen molar-refractivity contribution in [3.63, 3.8) is 0 Å². The van der Waals surface area contributed by atoms with Crippen LogP contribution in [-0.4, -0.2) is 21.0 Å². The summed E-state index contributed by atoms with van der Waals surface area (Å²) in [4.78, 5) is 18.8. The Morgan fingerprint density at radius 3 is 2.88 bits per heavy atom. The van der Waals surface area contributed by atoms with Crippen molar-refractivity contribution in [2.45, 2.75) is 17.2 Å². The Bertz CT molecular complexity index is 512. The van der Waals surface area contributed by atoms with Gasteiger partial charge in [-0.1, -0.05) is 11.8 Å². The lowest BCUT2D eigenvalue weighted by atomic mass is 10.3. The predicted octanol–water partition coefficient (Wildman–Crippen LogP) is 2.62. The maximum atomic E-state index is 10.7. The van der Waals surface area contributed by atoms with Gasteiger partial charge in [0.15, 0.2) is 0 Å². The molecule has 0 aliphatic rings. The van der Waals surface area contributed by atoms with Crippen LogP contribution in [0.5, 0.6) is 0 Å². The van der Waals surface area contributed by atoms with Gasteiger partial charge in [-0.2, -0.15) is 0 Å². The molecule has 0 spiro atoms. The molecular weight excluding hydrogens is 240 g/mol. The van der Waals surface area contributed by atoms with E-state index in [4.69, 9.17) is 9.52 Å². The molecule has 0 aliphatic carbocycles. The summed E-state index contributed by atoms with van der Waals surface area (Å²) >= 11 is 1.46. The van der Waals surface area contributed by atoms with Crippen molar-refractivity contribution in [3.8, 4) is 0 Å². The van der Waals surface area contributed by atoms with Gasteiger partial charge < -0.3 is 9.52 Å². The standard InChI is InChI=1S/C11H10N2O3S/c1-7(17-10-6-12-4-5-13-10)8-2-3-9(16-8)11(14)15/h2-7H,1H3,(H,14,15). The number of furan rings is 1. The third-order valence-electron chi connectivity index (χ3n) is 2.08. The zero-order chi connectivity index (χ0) is 12.3. The van der Waals surface area contributed by atoms with Gasteiger partial charge in [-0.15, -0.1) is 0 Å². The Morgan fingerprint density at radius 1 is 1.47 bits per heavy atom. The number of carbonyl (C=O) groups is 1. The third-order valence-corrected chi connectivity index (χ3v) is 3.11. The molecule has 2 aromatic heterocycles. The molecule has 6 heteroatoms. The highest BCUT2D eigenvalue weighted by atomic mass is 32.2. The van der Waals surface area contributed by atoms with Gasteiger partial charge in [-0.25, -0.2) is 9.78 Å². The first-order chi connectivity index (χ1) is 8.16. The van der Waals surface area contributed by atoms with E-state index >= 15 is 0 Å². The Kier molecular flexibility index (Phi) is 3.43. The SMILES string of the molecule is CC(Sc1cnccn1)c1ccc(C(=O)O)o1. The summed E-state index contributed by atoms with van der Waals surface area (Å²) in [5.74, 6) is -0.502. The van der Waals surface area contributed by atoms with E-state index < -0.39 is 5.97 Å². The number of thioether (sulfide) groups is 1. The van der Waals surface area contributed by atoms with E-state index in [1.54, 1.807) is 24.7 Å². The minimum atomic E-state index is -1.06. The highest BCUT2D eigenvalue weighted by Crippen LogP contribution is 2.33. The fraction of sp³-hybridized carbons (Fsp3) is 0.182. The molecule has 2 heterocycles. The van der Waals surface area contributed by atoms with Crippen molar-refractivity contribution in [3.05, 3.63) is 42.2 Å². The fourth-order valence-corrected chi connectivity index (χ4v) is 2.12. The molecule has 0 radical (unpaired) electrons. The van der Waals surface area contributed by atoms with Crippen LogP contribution in [0.15, 0.2) is 40.2 Å². The van der Waals surface area contributed by atoms with Crippen molar-refractivity contribution < 1.29 is 14.3 Å². The minimum Gasteiger partial charge on any atom is -0.475 e. The zero-order valence-electron chi connectivity index (χ0n) is 9.03. The highest BCUT2D eigenvalue weighted by molar-refractivity contribution is 7.99. The van der Waals surface area contributed by atoms with Gasteiger partial charge in [0.2, 0.25) is 5.76 Å². The first-order valence-electron chi connectivity index (χ1n) is 4.92. The van der Waals surface area contributed by atoms with Gasteiger partial charge in [0, 0.05) is 12.4 Å². The summed E-state index contributed by atoms with van der Waals surface area (Å²) in [6, 6.07) is 3.11. The monoisotopic (exact) mass is 250 g/mol. The maximum absolute atomic E-state index is 10.7. The van der Waals surface area contributed by atoms with Gasteiger partial charge >= 0.3 is 5.97 Å². The van der Waals surface area contributed by atoms with E-state index in [0.717, 1.165) is 5.03 Å². The topological polar surface area (TPSA) is 76.2 Å². The smallest absolute Gasteiger partial charge is 0.371 e. The quantitative estimate of drug-likeness (QED) is 0.840. The number of aromatic carboxylic acids is 1. The van der Waals surface area contributed by atoms with Gasteiger partial charge in [-0.3, -0.25) is 4.98 Å². The van der Waals surface area contributed by atoms with Crippen LogP contribution in [0.3, 0.4) is 0 Å². The maximum Gasteiger partial charge on any atom is 0.371 e. The average molecular weight is 250 g/mol. The number of carboxylic acids is 1. The summed E-state index contributed by atoms with van der Waals surface area (Å²) in [5, 5.41) is 9.50. The van der Waals surface area contributed by atoms with Crippen molar-refractivity contribution in [1.82, 2.24) is 9.97 Å². The lowest BCUT2D eigenvalue weighted by Gasteiger charge is -2.06. The molecule has 0 saturated carbocycles. The lowest BCUT2D eigenvalue weighted by Crippen LogP contribution is -1.92. The Balaban J connectivity index is 2.09. The van der Waals surface area contributed by atoms with Crippen molar-refractivity contribution in [1.29, 1.82) is 0 Å². The van der Waals surface area contributed by atoms with Crippen LogP contribution in [0.2, 0.25) is 0 Å². The number of aromatic nitrogens is 2. The number of nitrogens with zero attached hydrogens (tertiary/aromatic N) is 2. The second-order valence-electron chi connectivity index (χ2n) is 3.31. The molecule has 2 aromatic rings. The normalized spacial score (nSPS) is 12.3. The molecule has 0 aromatic carbocycles. The van der Waals surface area contributed by atoms with Gasteiger partial charge in [0.05, 0.1) is 11.4 Å². The van der Waals surface area contributed by atoms with Crippen LogP contribution < -0.4 is 0 Å². The van der Waals surface area contributed by atoms with Gasteiger partial charge in [-0.05, 0) is 19.1 Å². The predicted molar refractivity (Wildman–Crippen MR) is 62.0 cm³/mol. The van der Waals surface area contributed by atoms with E-state index in [0.29, 0.717) is 5.76 Å². The molecule has 88 valence electrons. The molecular formula is C11H10N2O3S. The van der Waals surface area contributed by atoms with Gasteiger partial charge in [0.1, 0.15) is 10.8 Å². The van der Waals surface area contributed by atoms with Crippen LogP contribution in [0.25, 0.3) is 0 Å². The second kappa shape index (κ2) is 5.01. The molecule has 0 amide bonds. The summed E-state index contributed by atoms with van der Waals surface area (Å²) in [7, 11) is 0. The summed E-state index contributed by atoms with van der Waals surface area (Å²) < 4.78 is 5.21. The summed E-state index contributed by atoms with van der Waals surface area (Å²) in [6.45, 7) is 1.92. The molecule has 0 fully saturated rings. The molecule has 0 bridgehead atoms. The second-order valence-corrected chi connectivity index (χ2v) is 4.67. The Morgan fingerprint density at radius 2 is 2.29 bits per heavy atom. The van der Waals surface area contributed by atoms with Crippen LogP contribution in [0.1, 0.15) is 28.5 Å². The van der Waals surface area contributed by atoms with Crippen LogP contribution in [0.4, 0.5) is 0 Å². The average Bonchev–Trinajstić information content (AvgIpc) is 2.79. The first-order valence-corrected chi connectivity index (χ1v) is 5.80. The summed E-state index contributed by atoms with van der Waals surface area (Å²) in [5.41, 5.74) is 0.